The molecular weight excluding hydrogens is 210 g/mol. The second-order valence-electron chi connectivity index (χ2n) is 4.58. The molecule has 0 aliphatic heterocycles. The largest absolute Gasteiger partial charge is 0.481 e. The minimum Gasteiger partial charge on any atom is -0.481 e. The van der Waals surface area contributed by atoms with Gasteiger partial charge in [-0.3, -0.25) is 4.79 Å². The fraction of sp³-hybridized carbons (Fsp3) is 0.818. The number of alkyl carbamates (subject to hydrolysis) is 1. The molecule has 0 aromatic heterocycles. The van der Waals surface area contributed by atoms with Crippen molar-refractivity contribution in [2.75, 3.05) is 13.2 Å². The molecule has 5 nitrogen and oxygen atoms in total. The van der Waals surface area contributed by atoms with Gasteiger partial charge in [0.15, 0.2) is 0 Å². The van der Waals surface area contributed by atoms with E-state index < -0.39 is 17.5 Å². The van der Waals surface area contributed by atoms with E-state index in [0.717, 1.165) is 12.8 Å². The Kier molecular flexibility index (Phi) is 6.53. The Bertz CT molecular complexity index is 238. The van der Waals surface area contributed by atoms with Crippen molar-refractivity contribution >= 4 is 12.1 Å². The summed E-state index contributed by atoms with van der Waals surface area (Å²) < 4.78 is 4.89. The van der Waals surface area contributed by atoms with Gasteiger partial charge in [0.05, 0.1) is 13.0 Å². The molecular formula is C11H21NO4. The van der Waals surface area contributed by atoms with Gasteiger partial charge in [0.2, 0.25) is 0 Å². The molecule has 0 heterocycles. The molecule has 0 atom stereocenters. The molecule has 1 amide bonds. The monoisotopic (exact) mass is 231 g/mol. The molecule has 0 bridgehead atoms. The number of carboxylic acid groups (broad SMARTS) is 1. The zero-order chi connectivity index (χ0) is 12.6. The van der Waals surface area contributed by atoms with Crippen molar-refractivity contribution < 1.29 is 19.4 Å². The predicted octanol–water partition coefficient (Wildman–Crippen LogP) is 2.01. The highest BCUT2D eigenvalue weighted by Crippen LogP contribution is 2.18. The number of hydrogen-bond acceptors (Lipinski definition) is 3. The number of nitrogens with one attached hydrogen (secondary N) is 1. The Labute approximate surface area is 96.2 Å². The van der Waals surface area contributed by atoms with Crippen LogP contribution in [0.5, 0.6) is 0 Å². The van der Waals surface area contributed by atoms with Crippen LogP contribution in [0.4, 0.5) is 4.79 Å². The number of carbonyl (C=O) groups is 2. The van der Waals surface area contributed by atoms with E-state index in [9.17, 15) is 9.59 Å². The third-order valence-corrected chi connectivity index (χ3v) is 2.07. The molecule has 94 valence electrons. The molecule has 0 spiro atoms. The van der Waals surface area contributed by atoms with E-state index in [2.05, 4.69) is 5.32 Å². The molecule has 0 aromatic rings. The number of carboxylic acids is 1. The maximum atomic E-state index is 11.2. The minimum atomic E-state index is -0.869. The molecule has 0 aromatic carbocycles. The standard InChI is InChI=1S/C11H21NO4/c1-4-5-6-16-10(15)12-8-11(2,3)7-9(13)14/h4-8H2,1-3H3,(H,12,15)(H,13,14). The van der Waals surface area contributed by atoms with E-state index in [-0.39, 0.29) is 6.42 Å². The lowest BCUT2D eigenvalue weighted by atomic mass is 9.89. The first-order valence-electron chi connectivity index (χ1n) is 5.50. The molecule has 16 heavy (non-hydrogen) atoms. The summed E-state index contributed by atoms with van der Waals surface area (Å²) in [6.07, 6.45) is 1.35. The Hall–Kier alpha value is -1.26. The van der Waals surface area contributed by atoms with Crippen LogP contribution in [0.1, 0.15) is 40.0 Å². The van der Waals surface area contributed by atoms with Gasteiger partial charge in [-0.15, -0.1) is 0 Å². The lowest BCUT2D eigenvalue weighted by molar-refractivity contribution is -0.139. The summed E-state index contributed by atoms with van der Waals surface area (Å²) in [4.78, 5) is 21.7. The smallest absolute Gasteiger partial charge is 0.407 e. The van der Waals surface area contributed by atoms with E-state index in [0.29, 0.717) is 13.2 Å². The molecule has 0 radical (unpaired) electrons. The van der Waals surface area contributed by atoms with Crippen LogP contribution < -0.4 is 5.32 Å². The number of ether oxygens (including phenoxy) is 1. The maximum absolute atomic E-state index is 11.2. The summed E-state index contributed by atoms with van der Waals surface area (Å²) in [7, 11) is 0. The van der Waals surface area contributed by atoms with E-state index in [4.69, 9.17) is 9.84 Å². The number of rotatable bonds is 7. The fourth-order valence-electron chi connectivity index (χ4n) is 1.14. The van der Waals surface area contributed by atoms with Crippen LogP contribution >= 0.6 is 0 Å². The minimum absolute atomic E-state index is 0.0161. The lowest BCUT2D eigenvalue weighted by Crippen LogP contribution is -2.35. The molecule has 0 saturated carbocycles. The third kappa shape index (κ3) is 8.08. The first kappa shape index (κ1) is 14.7. The third-order valence-electron chi connectivity index (χ3n) is 2.07. The van der Waals surface area contributed by atoms with Gasteiger partial charge in [-0.05, 0) is 11.8 Å². The molecule has 0 aliphatic carbocycles. The number of carbonyl (C=O) groups excluding carboxylic acids is 1. The highest BCUT2D eigenvalue weighted by Gasteiger charge is 2.22. The van der Waals surface area contributed by atoms with E-state index >= 15 is 0 Å². The van der Waals surface area contributed by atoms with Crippen molar-refractivity contribution in [1.82, 2.24) is 5.32 Å². The van der Waals surface area contributed by atoms with Crippen molar-refractivity contribution in [3.8, 4) is 0 Å². The highest BCUT2D eigenvalue weighted by molar-refractivity contribution is 5.69. The average molecular weight is 231 g/mol. The van der Waals surface area contributed by atoms with Crippen molar-refractivity contribution in [3.05, 3.63) is 0 Å². The SMILES string of the molecule is CCCCOC(=O)NCC(C)(C)CC(=O)O. The molecule has 2 N–H and O–H groups in total. The molecule has 0 aliphatic rings. The summed E-state index contributed by atoms with van der Waals surface area (Å²) in [5, 5.41) is 11.2. The fourth-order valence-corrected chi connectivity index (χ4v) is 1.14. The molecule has 0 fully saturated rings. The first-order chi connectivity index (χ1) is 7.37. The van der Waals surface area contributed by atoms with Crippen LogP contribution in [-0.4, -0.2) is 30.3 Å². The van der Waals surface area contributed by atoms with E-state index in [1.165, 1.54) is 0 Å². The quantitative estimate of drug-likeness (QED) is 0.657. The Balaban J connectivity index is 3.77. The number of hydrogen-bond donors (Lipinski definition) is 2. The summed E-state index contributed by atoms with van der Waals surface area (Å²) >= 11 is 0. The van der Waals surface area contributed by atoms with Gasteiger partial charge in [0.25, 0.3) is 0 Å². The number of unbranched alkanes of at least 4 members (excludes halogenated alkanes) is 1. The van der Waals surface area contributed by atoms with Crippen molar-refractivity contribution in [1.29, 1.82) is 0 Å². The maximum Gasteiger partial charge on any atom is 0.407 e. The first-order valence-corrected chi connectivity index (χ1v) is 5.50. The Morgan fingerprint density at radius 2 is 2.00 bits per heavy atom. The van der Waals surface area contributed by atoms with Gasteiger partial charge in [-0.25, -0.2) is 4.79 Å². The second kappa shape index (κ2) is 7.09. The van der Waals surface area contributed by atoms with Gasteiger partial charge >= 0.3 is 12.1 Å². The van der Waals surface area contributed by atoms with Gasteiger partial charge in [-0.2, -0.15) is 0 Å². The van der Waals surface area contributed by atoms with Gasteiger partial charge in [0.1, 0.15) is 0 Å². The van der Waals surface area contributed by atoms with Crippen molar-refractivity contribution in [2.45, 2.75) is 40.0 Å². The van der Waals surface area contributed by atoms with Crippen LogP contribution in [0, 0.1) is 5.41 Å². The van der Waals surface area contributed by atoms with E-state index in [1.54, 1.807) is 13.8 Å². The van der Waals surface area contributed by atoms with Crippen molar-refractivity contribution in [3.63, 3.8) is 0 Å². The van der Waals surface area contributed by atoms with Gasteiger partial charge in [0, 0.05) is 6.54 Å². The molecule has 5 heteroatoms. The van der Waals surface area contributed by atoms with Gasteiger partial charge < -0.3 is 15.2 Å². The Morgan fingerprint density at radius 3 is 2.50 bits per heavy atom. The second-order valence-corrected chi connectivity index (χ2v) is 4.58. The van der Waals surface area contributed by atoms with Crippen LogP contribution in [0.25, 0.3) is 0 Å². The normalized spacial score (nSPS) is 10.9. The van der Waals surface area contributed by atoms with Crippen LogP contribution in [-0.2, 0) is 9.53 Å². The summed E-state index contributed by atoms with van der Waals surface area (Å²) in [5.74, 6) is -0.869. The van der Waals surface area contributed by atoms with Crippen molar-refractivity contribution in [2.24, 2.45) is 5.41 Å². The summed E-state index contributed by atoms with van der Waals surface area (Å²) in [6.45, 7) is 6.28. The number of amides is 1. The zero-order valence-electron chi connectivity index (χ0n) is 10.2. The van der Waals surface area contributed by atoms with Gasteiger partial charge in [-0.1, -0.05) is 27.2 Å². The molecule has 0 unspecified atom stereocenters. The topological polar surface area (TPSA) is 75.6 Å². The summed E-state index contributed by atoms with van der Waals surface area (Å²) in [5.41, 5.74) is -0.463. The highest BCUT2D eigenvalue weighted by atomic mass is 16.5. The van der Waals surface area contributed by atoms with E-state index in [1.807, 2.05) is 6.92 Å². The molecule has 0 saturated heterocycles. The summed E-state index contributed by atoms with van der Waals surface area (Å²) in [6, 6.07) is 0. The lowest BCUT2D eigenvalue weighted by Gasteiger charge is -2.22. The zero-order valence-corrected chi connectivity index (χ0v) is 10.2. The van der Waals surface area contributed by atoms with Crippen LogP contribution in [0.3, 0.4) is 0 Å². The average Bonchev–Trinajstić information content (AvgIpc) is 2.13. The predicted molar refractivity (Wildman–Crippen MR) is 60.3 cm³/mol. The number of aliphatic carboxylic acids is 1. The molecule has 0 rings (SSSR count). The van der Waals surface area contributed by atoms with Crippen LogP contribution in [0.15, 0.2) is 0 Å². The van der Waals surface area contributed by atoms with Crippen LogP contribution in [0.2, 0.25) is 0 Å². The Morgan fingerprint density at radius 1 is 1.38 bits per heavy atom.